The number of carbonyl (C=O) groups excluding carboxylic acids is 2. The highest BCUT2D eigenvalue weighted by Crippen LogP contribution is 2.38. The van der Waals surface area contributed by atoms with Crippen LogP contribution in [0.25, 0.3) is 0 Å². The highest BCUT2D eigenvalue weighted by molar-refractivity contribution is 6.06. The molecule has 2 heterocycles. The summed E-state index contributed by atoms with van der Waals surface area (Å²) in [6, 6.07) is 12.2. The molecule has 27 heavy (non-hydrogen) atoms. The Morgan fingerprint density at radius 2 is 2.00 bits per heavy atom. The number of rotatable bonds is 4. The molecule has 4 nitrogen and oxygen atoms in total. The van der Waals surface area contributed by atoms with Crippen molar-refractivity contribution in [3.05, 3.63) is 64.2 Å². The molecule has 0 saturated carbocycles. The van der Waals surface area contributed by atoms with Crippen molar-refractivity contribution in [2.45, 2.75) is 45.6 Å². The van der Waals surface area contributed by atoms with Crippen molar-refractivity contribution in [1.29, 1.82) is 0 Å². The van der Waals surface area contributed by atoms with Gasteiger partial charge in [-0.25, -0.2) is 0 Å². The maximum atomic E-state index is 12.8. The SMILES string of the molecule is CCc1ccc(C(=O)Nc2ccc3c(c2)C2CCCN2CC3)cc1C(C)=O. The molecule has 0 spiro atoms. The van der Waals surface area contributed by atoms with Crippen LogP contribution in [0.1, 0.15) is 70.1 Å². The van der Waals surface area contributed by atoms with Crippen LogP contribution in [0.3, 0.4) is 0 Å². The molecule has 4 heteroatoms. The highest BCUT2D eigenvalue weighted by atomic mass is 16.1. The van der Waals surface area contributed by atoms with Crippen molar-refractivity contribution < 1.29 is 9.59 Å². The fraction of sp³-hybridized carbons (Fsp3) is 0.391. The number of nitrogens with zero attached hydrogens (tertiary/aromatic N) is 1. The molecular weight excluding hydrogens is 336 g/mol. The lowest BCUT2D eigenvalue weighted by atomic mass is 9.92. The minimum atomic E-state index is -0.167. The molecule has 1 atom stereocenters. The van der Waals surface area contributed by atoms with Crippen molar-refractivity contribution in [3.63, 3.8) is 0 Å². The molecule has 2 aliphatic rings. The number of anilines is 1. The van der Waals surface area contributed by atoms with E-state index in [1.807, 2.05) is 19.1 Å². The minimum Gasteiger partial charge on any atom is -0.322 e. The molecule has 2 aromatic rings. The lowest BCUT2D eigenvalue weighted by Gasteiger charge is -2.32. The van der Waals surface area contributed by atoms with Gasteiger partial charge in [-0.2, -0.15) is 0 Å². The summed E-state index contributed by atoms with van der Waals surface area (Å²) in [6.45, 7) is 5.88. The number of benzene rings is 2. The summed E-state index contributed by atoms with van der Waals surface area (Å²) in [6.07, 6.45) is 4.31. The number of amides is 1. The average molecular weight is 362 g/mol. The van der Waals surface area contributed by atoms with E-state index in [4.69, 9.17) is 0 Å². The molecule has 1 amide bonds. The van der Waals surface area contributed by atoms with Crippen molar-refractivity contribution in [2.75, 3.05) is 18.4 Å². The van der Waals surface area contributed by atoms with E-state index in [1.54, 1.807) is 19.1 Å². The van der Waals surface area contributed by atoms with Gasteiger partial charge in [-0.3, -0.25) is 14.5 Å². The fourth-order valence-electron chi connectivity index (χ4n) is 4.48. The van der Waals surface area contributed by atoms with Crippen LogP contribution in [0.2, 0.25) is 0 Å². The van der Waals surface area contributed by atoms with E-state index < -0.39 is 0 Å². The number of fused-ring (bicyclic) bond motifs is 3. The van der Waals surface area contributed by atoms with E-state index in [0.29, 0.717) is 17.2 Å². The number of Topliss-reactive ketones (excluding diaryl/α,β-unsaturated/α-hetero) is 1. The van der Waals surface area contributed by atoms with Gasteiger partial charge in [-0.05, 0) is 80.1 Å². The topological polar surface area (TPSA) is 49.4 Å². The lowest BCUT2D eigenvalue weighted by Crippen LogP contribution is -2.31. The Morgan fingerprint density at radius 1 is 1.15 bits per heavy atom. The number of nitrogens with one attached hydrogen (secondary N) is 1. The van der Waals surface area contributed by atoms with Gasteiger partial charge in [-0.15, -0.1) is 0 Å². The Morgan fingerprint density at radius 3 is 2.78 bits per heavy atom. The summed E-state index contributed by atoms with van der Waals surface area (Å²) >= 11 is 0. The normalized spacial score (nSPS) is 18.7. The van der Waals surface area contributed by atoms with Crippen LogP contribution in [-0.2, 0) is 12.8 Å². The van der Waals surface area contributed by atoms with Crippen LogP contribution in [0.5, 0.6) is 0 Å². The van der Waals surface area contributed by atoms with Crippen LogP contribution in [-0.4, -0.2) is 29.7 Å². The minimum absolute atomic E-state index is 0.00314. The van der Waals surface area contributed by atoms with Gasteiger partial charge in [0, 0.05) is 29.4 Å². The highest BCUT2D eigenvalue weighted by Gasteiger charge is 2.31. The Balaban J connectivity index is 1.58. The lowest BCUT2D eigenvalue weighted by molar-refractivity contribution is 0.101. The van der Waals surface area contributed by atoms with Gasteiger partial charge in [0.2, 0.25) is 0 Å². The first-order chi connectivity index (χ1) is 13.1. The first kappa shape index (κ1) is 17.9. The molecule has 0 radical (unpaired) electrons. The van der Waals surface area contributed by atoms with E-state index in [-0.39, 0.29) is 11.7 Å². The van der Waals surface area contributed by atoms with Crippen LogP contribution in [0, 0.1) is 0 Å². The number of hydrogen-bond donors (Lipinski definition) is 1. The summed E-state index contributed by atoms with van der Waals surface area (Å²) in [5.74, 6) is -0.171. The van der Waals surface area contributed by atoms with Gasteiger partial charge in [-0.1, -0.05) is 19.1 Å². The fourth-order valence-corrected chi connectivity index (χ4v) is 4.48. The molecule has 1 fully saturated rings. The van der Waals surface area contributed by atoms with Gasteiger partial charge >= 0.3 is 0 Å². The molecule has 2 aromatic carbocycles. The Kier molecular flexibility index (Phi) is 4.83. The number of carbonyl (C=O) groups is 2. The number of aryl methyl sites for hydroxylation is 1. The predicted molar refractivity (Wildman–Crippen MR) is 107 cm³/mol. The molecular formula is C23H26N2O2. The average Bonchev–Trinajstić information content (AvgIpc) is 3.16. The second-order valence-electron chi connectivity index (χ2n) is 7.59. The molecule has 4 rings (SSSR count). The largest absolute Gasteiger partial charge is 0.322 e. The van der Waals surface area contributed by atoms with Crippen molar-refractivity contribution in [1.82, 2.24) is 4.90 Å². The van der Waals surface area contributed by atoms with Crippen LogP contribution >= 0.6 is 0 Å². The number of hydrogen-bond acceptors (Lipinski definition) is 3. The van der Waals surface area contributed by atoms with Crippen LogP contribution in [0.15, 0.2) is 36.4 Å². The van der Waals surface area contributed by atoms with E-state index >= 15 is 0 Å². The zero-order valence-corrected chi connectivity index (χ0v) is 16.0. The van der Waals surface area contributed by atoms with Gasteiger partial charge in [0.15, 0.2) is 5.78 Å². The molecule has 0 aromatic heterocycles. The van der Waals surface area contributed by atoms with Gasteiger partial charge in [0.1, 0.15) is 0 Å². The van der Waals surface area contributed by atoms with Crippen molar-refractivity contribution in [2.24, 2.45) is 0 Å². The van der Waals surface area contributed by atoms with Crippen molar-refractivity contribution in [3.8, 4) is 0 Å². The van der Waals surface area contributed by atoms with Gasteiger partial charge in [0.25, 0.3) is 5.91 Å². The second kappa shape index (κ2) is 7.28. The third kappa shape index (κ3) is 3.42. The molecule has 1 N–H and O–H groups in total. The predicted octanol–water partition coefficient (Wildman–Crippen LogP) is 4.40. The third-order valence-corrected chi connectivity index (χ3v) is 5.93. The van der Waals surface area contributed by atoms with E-state index in [9.17, 15) is 9.59 Å². The number of ketones is 1. The summed E-state index contributed by atoms with van der Waals surface area (Å²) in [7, 11) is 0. The Bertz CT molecular complexity index is 903. The van der Waals surface area contributed by atoms with Crippen LogP contribution in [0.4, 0.5) is 5.69 Å². The van der Waals surface area contributed by atoms with Crippen LogP contribution < -0.4 is 5.32 Å². The monoisotopic (exact) mass is 362 g/mol. The standard InChI is InChI=1S/C23H26N2O2/c1-3-16-6-7-18(13-20(16)15(2)26)23(27)24-19-9-8-17-10-12-25-11-4-5-22(25)21(17)14-19/h6-9,13-14,22H,3-5,10-12H2,1-2H3,(H,24,27). The van der Waals surface area contributed by atoms with Crippen molar-refractivity contribution >= 4 is 17.4 Å². The van der Waals surface area contributed by atoms with E-state index in [1.165, 1.54) is 30.5 Å². The summed E-state index contributed by atoms with van der Waals surface area (Å²) in [4.78, 5) is 27.2. The Hall–Kier alpha value is -2.46. The summed E-state index contributed by atoms with van der Waals surface area (Å²) in [5, 5.41) is 3.02. The van der Waals surface area contributed by atoms with E-state index in [0.717, 1.165) is 30.6 Å². The molecule has 0 aliphatic carbocycles. The first-order valence-electron chi connectivity index (χ1n) is 9.89. The summed E-state index contributed by atoms with van der Waals surface area (Å²) < 4.78 is 0. The second-order valence-corrected chi connectivity index (χ2v) is 7.59. The summed E-state index contributed by atoms with van der Waals surface area (Å²) in [5.41, 5.74) is 5.74. The zero-order valence-electron chi connectivity index (χ0n) is 16.0. The molecule has 0 bridgehead atoms. The maximum Gasteiger partial charge on any atom is 0.255 e. The first-order valence-corrected chi connectivity index (χ1v) is 9.89. The zero-order chi connectivity index (χ0) is 19.0. The van der Waals surface area contributed by atoms with Gasteiger partial charge < -0.3 is 5.32 Å². The maximum absolute atomic E-state index is 12.8. The third-order valence-electron chi connectivity index (χ3n) is 5.93. The quantitative estimate of drug-likeness (QED) is 0.820. The Labute approximate surface area is 160 Å². The van der Waals surface area contributed by atoms with Gasteiger partial charge in [0.05, 0.1) is 0 Å². The molecule has 1 unspecified atom stereocenters. The molecule has 140 valence electrons. The molecule has 2 aliphatic heterocycles. The molecule has 1 saturated heterocycles. The van der Waals surface area contributed by atoms with E-state index in [2.05, 4.69) is 22.3 Å². The smallest absolute Gasteiger partial charge is 0.255 e.